The third kappa shape index (κ3) is 4.30. The fourth-order valence-electron chi connectivity index (χ4n) is 5.45. The fourth-order valence-corrected chi connectivity index (χ4v) is 5.45. The Morgan fingerprint density at radius 1 is 1.10 bits per heavy atom. The molecule has 7 nitrogen and oxygen atoms in total. The third-order valence-electron chi connectivity index (χ3n) is 7.38. The van der Waals surface area contributed by atoms with Gasteiger partial charge in [0.25, 0.3) is 0 Å². The Hall–Kier alpha value is -2.12. The molecule has 3 fully saturated rings. The lowest BCUT2D eigenvalue weighted by Gasteiger charge is -2.37. The summed E-state index contributed by atoms with van der Waals surface area (Å²) in [5.74, 6) is 1.04. The Labute approximate surface area is 182 Å². The summed E-state index contributed by atoms with van der Waals surface area (Å²) in [6.07, 6.45) is 7.46. The van der Waals surface area contributed by atoms with E-state index in [1.807, 2.05) is 18.2 Å². The molecule has 7 heteroatoms. The van der Waals surface area contributed by atoms with Crippen LogP contribution < -0.4 is 15.4 Å². The van der Waals surface area contributed by atoms with Gasteiger partial charge in [0.1, 0.15) is 18.0 Å². The number of benzene rings is 1. The van der Waals surface area contributed by atoms with Crippen LogP contribution in [0.1, 0.15) is 69.3 Å². The minimum absolute atomic E-state index is 0.0210. The average Bonchev–Trinajstić information content (AvgIpc) is 3.33. The van der Waals surface area contributed by atoms with Crippen molar-refractivity contribution in [2.24, 2.45) is 5.92 Å². The number of aliphatic hydroxyl groups is 1. The van der Waals surface area contributed by atoms with E-state index >= 15 is 0 Å². The first-order valence-electron chi connectivity index (χ1n) is 11.8. The van der Waals surface area contributed by atoms with Gasteiger partial charge in [0.05, 0.1) is 19.1 Å². The van der Waals surface area contributed by atoms with Gasteiger partial charge in [0.15, 0.2) is 0 Å². The van der Waals surface area contributed by atoms with Crippen molar-refractivity contribution in [2.45, 2.75) is 88.1 Å². The van der Waals surface area contributed by atoms with E-state index in [9.17, 15) is 14.7 Å². The SMILES string of the molecule is O=C(C[C@H]1C[C@H]2c3cc(NC(=O)C4CCC4)ccc3O[C@H]2[C@@H](CO)O1)NC1CCCC1. The molecular formula is C24H32N2O5. The molecule has 5 rings (SSSR count). The molecule has 0 unspecified atom stereocenters. The van der Waals surface area contributed by atoms with Crippen molar-refractivity contribution < 1.29 is 24.2 Å². The normalized spacial score (nSPS) is 30.1. The molecule has 1 aromatic carbocycles. The summed E-state index contributed by atoms with van der Waals surface area (Å²) in [6.45, 7) is -0.152. The lowest BCUT2D eigenvalue weighted by atomic mass is 9.83. The first-order chi connectivity index (χ1) is 15.1. The molecule has 4 aliphatic rings. The van der Waals surface area contributed by atoms with Crippen LogP contribution in [0.3, 0.4) is 0 Å². The second-order valence-electron chi connectivity index (χ2n) is 9.53. The van der Waals surface area contributed by atoms with Gasteiger partial charge in [-0.15, -0.1) is 0 Å². The number of ether oxygens (including phenoxy) is 2. The number of anilines is 1. The predicted octanol–water partition coefficient (Wildman–Crippen LogP) is 2.87. The molecule has 0 aromatic heterocycles. The van der Waals surface area contributed by atoms with Gasteiger partial charge in [-0.1, -0.05) is 19.3 Å². The molecule has 1 aromatic rings. The number of hydrogen-bond acceptors (Lipinski definition) is 5. The second-order valence-corrected chi connectivity index (χ2v) is 9.53. The van der Waals surface area contributed by atoms with Crippen molar-refractivity contribution in [1.29, 1.82) is 0 Å². The zero-order chi connectivity index (χ0) is 21.4. The summed E-state index contributed by atoms with van der Waals surface area (Å²) in [4.78, 5) is 24.9. The van der Waals surface area contributed by atoms with Crippen LogP contribution in [0.25, 0.3) is 0 Å². The van der Waals surface area contributed by atoms with Crippen LogP contribution in [-0.4, -0.2) is 47.9 Å². The van der Waals surface area contributed by atoms with E-state index in [0.717, 1.165) is 49.1 Å². The highest BCUT2D eigenvalue weighted by atomic mass is 16.6. The highest BCUT2D eigenvalue weighted by molar-refractivity contribution is 5.93. The van der Waals surface area contributed by atoms with Gasteiger partial charge in [0, 0.05) is 29.1 Å². The highest BCUT2D eigenvalue weighted by Crippen LogP contribution is 2.47. The lowest BCUT2D eigenvalue weighted by molar-refractivity contribution is -0.142. The van der Waals surface area contributed by atoms with Crippen molar-refractivity contribution in [3.8, 4) is 5.75 Å². The van der Waals surface area contributed by atoms with Crippen molar-refractivity contribution in [3.05, 3.63) is 23.8 Å². The number of nitrogens with one attached hydrogen (secondary N) is 2. The molecule has 4 atom stereocenters. The average molecular weight is 429 g/mol. The van der Waals surface area contributed by atoms with Crippen LogP contribution in [0.2, 0.25) is 0 Å². The number of aliphatic hydroxyl groups excluding tert-OH is 1. The monoisotopic (exact) mass is 428 g/mol. The highest BCUT2D eigenvalue weighted by Gasteiger charge is 2.46. The number of fused-ring (bicyclic) bond motifs is 3. The van der Waals surface area contributed by atoms with E-state index in [1.54, 1.807) is 0 Å². The van der Waals surface area contributed by atoms with Gasteiger partial charge < -0.3 is 25.2 Å². The lowest BCUT2D eigenvalue weighted by Crippen LogP contribution is -2.47. The van der Waals surface area contributed by atoms with E-state index in [0.29, 0.717) is 12.8 Å². The maximum atomic E-state index is 12.5. The molecule has 0 bridgehead atoms. The van der Waals surface area contributed by atoms with Crippen LogP contribution >= 0.6 is 0 Å². The Bertz CT molecular complexity index is 833. The maximum absolute atomic E-state index is 12.5. The van der Waals surface area contributed by atoms with Gasteiger partial charge in [0.2, 0.25) is 11.8 Å². The number of carbonyl (C=O) groups excluding carboxylic acids is 2. The van der Waals surface area contributed by atoms with Crippen LogP contribution in [0.5, 0.6) is 5.75 Å². The van der Waals surface area contributed by atoms with Crippen molar-refractivity contribution in [2.75, 3.05) is 11.9 Å². The van der Waals surface area contributed by atoms with E-state index < -0.39 is 6.10 Å². The second kappa shape index (κ2) is 8.79. The van der Waals surface area contributed by atoms with Gasteiger partial charge in [-0.2, -0.15) is 0 Å². The smallest absolute Gasteiger partial charge is 0.227 e. The zero-order valence-corrected chi connectivity index (χ0v) is 17.8. The van der Waals surface area contributed by atoms with Crippen molar-refractivity contribution >= 4 is 17.5 Å². The van der Waals surface area contributed by atoms with Gasteiger partial charge in [-0.05, 0) is 50.3 Å². The van der Waals surface area contributed by atoms with Gasteiger partial charge >= 0.3 is 0 Å². The zero-order valence-electron chi connectivity index (χ0n) is 17.8. The first-order valence-corrected chi connectivity index (χ1v) is 11.8. The summed E-state index contributed by atoms with van der Waals surface area (Å²) < 4.78 is 12.2. The molecule has 0 spiro atoms. The maximum Gasteiger partial charge on any atom is 0.227 e. The Morgan fingerprint density at radius 3 is 2.61 bits per heavy atom. The topological polar surface area (TPSA) is 96.9 Å². The molecule has 2 aliphatic heterocycles. The van der Waals surface area contributed by atoms with Crippen LogP contribution in [0.15, 0.2) is 18.2 Å². The molecular weight excluding hydrogens is 396 g/mol. The molecule has 2 heterocycles. The molecule has 168 valence electrons. The van der Waals surface area contributed by atoms with Crippen LogP contribution in [0.4, 0.5) is 5.69 Å². The van der Waals surface area contributed by atoms with Crippen molar-refractivity contribution in [1.82, 2.24) is 5.32 Å². The minimum atomic E-state index is -0.469. The fraction of sp³-hybridized carbons (Fsp3) is 0.667. The molecule has 2 amide bonds. The van der Waals surface area contributed by atoms with Gasteiger partial charge in [-0.25, -0.2) is 0 Å². The summed E-state index contributed by atoms with van der Waals surface area (Å²) in [7, 11) is 0. The Morgan fingerprint density at radius 2 is 1.90 bits per heavy atom. The first kappa shape index (κ1) is 20.8. The molecule has 1 saturated heterocycles. The molecule has 0 radical (unpaired) electrons. The summed E-state index contributed by atoms with van der Waals surface area (Å²) in [5.41, 5.74) is 1.81. The summed E-state index contributed by atoms with van der Waals surface area (Å²) in [5, 5.41) is 16.1. The van der Waals surface area contributed by atoms with E-state index in [1.165, 1.54) is 12.8 Å². The van der Waals surface area contributed by atoms with E-state index in [4.69, 9.17) is 9.47 Å². The largest absolute Gasteiger partial charge is 0.487 e. The van der Waals surface area contributed by atoms with Crippen LogP contribution in [-0.2, 0) is 14.3 Å². The minimum Gasteiger partial charge on any atom is -0.487 e. The predicted molar refractivity (Wildman–Crippen MR) is 115 cm³/mol. The third-order valence-corrected chi connectivity index (χ3v) is 7.38. The molecule has 2 saturated carbocycles. The van der Waals surface area contributed by atoms with E-state index in [-0.39, 0.29) is 48.5 Å². The molecule has 31 heavy (non-hydrogen) atoms. The number of rotatable bonds is 6. The summed E-state index contributed by atoms with van der Waals surface area (Å²) in [6, 6.07) is 6.04. The molecule has 2 aliphatic carbocycles. The Kier molecular flexibility index (Phi) is 5.89. The standard InChI is InChI=1S/C24H32N2O5/c27-13-21-23-19(11-17(30-21)12-22(28)25-15-6-1-2-7-15)18-10-16(8-9-20(18)31-23)26-24(29)14-4-3-5-14/h8-10,14-15,17,19,21,23,27H,1-7,11-13H2,(H,25,28)(H,26,29)/t17-,19+,21-,23-/m1/s1. The van der Waals surface area contributed by atoms with Crippen molar-refractivity contribution in [3.63, 3.8) is 0 Å². The number of amides is 2. The molecule has 3 N–H and O–H groups in total. The van der Waals surface area contributed by atoms with Crippen LogP contribution in [0, 0.1) is 5.92 Å². The Balaban J connectivity index is 1.27. The number of hydrogen-bond donors (Lipinski definition) is 3. The van der Waals surface area contributed by atoms with Gasteiger partial charge in [-0.3, -0.25) is 9.59 Å². The van der Waals surface area contributed by atoms with E-state index in [2.05, 4.69) is 10.6 Å². The quantitative estimate of drug-likeness (QED) is 0.647. The summed E-state index contributed by atoms with van der Waals surface area (Å²) >= 11 is 0. The number of carbonyl (C=O) groups is 2.